The Kier molecular flexibility index (Phi) is 11.9. The van der Waals surface area contributed by atoms with Crippen LogP contribution in [0.2, 0.25) is 0 Å². The van der Waals surface area contributed by atoms with Gasteiger partial charge in [-0.2, -0.15) is 0 Å². The zero-order chi connectivity index (χ0) is 32.5. The van der Waals surface area contributed by atoms with Crippen molar-refractivity contribution < 1.29 is 19.2 Å². The van der Waals surface area contributed by atoms with E-state index in [9.17, 15) is 19.2 Å². The first-order valence-corrected chi connectivity index (χ1v) is 17.9. The van der Waals surface area contributed by atoms with Gasteiger partial charge in [-0.25, -0.2) is 9.97 Å². The second-order valence-corrected chi connectivity index (χ2v) is 14.1. The highest BCUT2D eigenvalue weighted by Crippen LogP contribution is 2.27. The molecule has 3 atom stereocenters. The van der Waals surface area contributed by atoms with Crippen LogP contribution in [0.1, 0.15) is 101 Å². The van der Waals surface area contributed by atoms with Crippen LogP contribution in [0.25, 0.3) is 0 Å². The topological polar surface area (TPSA) is 145 Å². The summed E-state index contributed by atoms with van der Waals surface area (Å²) < 4.78 is 0. The first-order valence-electron chi connectivity index (χ1n) is 16.1. The highest BCUT2D eigenvalue weighted by atomic mass is 32.1. The van der Waals surface area contributed by atoms with Crippen LogP contribution in [0.3, 0.4) is 0 Å². The van der Waals surface area contributed by atoms with Gasteiger partial charge in [-0.15, -0.1) is 22.7 Å². The van der Waals surface area contributed by atoms with Gasteiger partial charge in [0, 0.05) is 36.8 Å². The van der Waals surface area contributed by atoms with Crippen LogP contribution in [0.4, 0.5) is 0 Å². The highest BCUT2D eigenvalue weighted by molar-refractivity contribution is 7.10. The summed E-state index contributed by atoms with van der Waals surface area (Å²) >= 11 is 2.68. The molecule has 1 aromatic carbocycles. The van der Waals surface area contributed by atoms with Gasteiger partial charge in [0.1, 0.15) is 21.4 Å². The third kappa shape index (κ3) is 9.20. The lowest BCUT2D eigenvalue weighted by atomic mass is 10.0. The minimum Gasteiger partial charge on any atom is -0.351 e. The Labute approximate surface area is 278 Å². The predicted molar refractivity (Wildman–Crippen MR) is 179 cm³/mol. The zero-order valence-electron chi connectivity index (χ0n) is 26.4. The first-order chi connectivity index (χ1) is 22.3. The number of aromatic nitrogens is 2. The van der Waals surface area contributed by atoms with E-state index in [1.54, 1.807) is 10.8 Å². The summed E-state index contributed by atoms with van der Waals surface area (Å²) in [6.45, 7) is 6.30. The Morgan fingerprint density at radius 3 is 2.28 bits per heavy atom. The first kappa shape index (κ1) is 33.7. The summed E-state index contributed by atoms with van der Waals surface area (Å²) in [6.07, 6.45) is 4.28. The lowest BCUT2D eigenvalue weighted by molar-refractivity contribution is -0.133. The number of carbonyl (C=O) groups is 4. The van der Waals surface area contributed by atoms with Crippen molar-refractivity contribution in [2.75, 3.05) is 26.2 Å². The molecule has 4 N–H and O–H groups in total. The summed E-state index contributed by atoms with van der Waals surface area (Å²) in [7, 11) is 0. The molecular weight excluding hydrogens is 623 g/mol. The third-order valence-electron chi connectivity index (χ3n) is 8.13. The van der Waals surface area contributed by atoms with Crippen LogP contribution in [0.15, 0.2) is 41.1 Å². The maximum absolute atomic E-state index is 13.5. The van der Waals surface area contributed by atoms with E-state index in [2.05, 4.69) is 45.1 Å². The number of hydrogen-bond donors (Lipinski definition) is 4. The van der Waals surface area contributed by atoms with Crippen molar-refractivity contribution in [3.05, 3.63) is 68.1 Å². The van der Waals surface area contributed by atoms with Crippen molar-refractivity contribution >= 4 is 46.3 Å². The van der Waals surface area contributed by atoms with E-state index in [-0.39, 0.29) is 47.8 Å². The molecule has 2 aliphatic rings. The van der Waals surface area contributed by atoms with Crippen molar-refractivity contribution in [1.82, 2.24) is 36.1 Å². The number of carbonyl (C=O) groups excluding carboxylic acids is 4. The Hall–Kier alpha value is -3.68. The van der Waals surface area contributed by atoms with Gasteiger partial charge in [0.25, 0.3) is 11.8 Å². The van der Waals surface area contributed by atoms with Gasteiger partial charge in [-0.3, -0.25) is 19.2 Å². The van der Waals surface area contributed by atoms with Crippen LogP contribution >= 0.6 is 22.7 Å². The van der Waals surface area contributed by atoms with Gasteiger partial charge in [0.05, 0.1) is 18.1 Å². The van der Waals surface area contributed by atoms with E-state index in [0.29, 0.717) is 66.9 Å². The zero-order valence-corrected chi connectivity index (χ0v) is 28.1. The Balaban J connectivity index is 1.40. The van der Waals surface area contributed by atoms with Crippen molar-refractivity contribution in [2.24, 2.45) is 5.92 Å². The second-order valence-electron chi connectivity index (χ2n) is 12.3. The SMILES string of the molecule is CC(C)CC1NC(=O)CCCN(C(=O)[C@@H]2CCCN2)CCCNC(=O)c2csc(n2)[C@H](Cc2ccccc2)NC(=O)c2csc1n2. The van der Waals surface area contributed by atoms with Gasteiger partial charge in [-0.1, -0.05) is 44.2 Å². The Morgan fingerprint density at radius 1 is 0.891 bits per heavy atom. The minimum absolute atomic E-state index is 0.0430. The molecule has 0 spiro atoms. The number of thiazole rings is 2. The largest absolute Gasteiger partial charge is 0.351 e. The quantitative estimate of drug-likeness (QED) is 0.322. The molecule has 46 heavy (non-hydrogen) atoms. The molecule has 246 valence electrons. The molecule has 0 saturated carbocycles. The molecular formula is C33H43N7O4S2. The molecule has 2 aliphatic heterocycles. The highest BCUT2D eigenvalue weighted by Gasteiger charge is 2.28. The molecule has 0 radical (unpaired) electrons. The Bertz CT molecular complexity index is 1490. The number of benzene rings is 1. The normalized spacial score (nSPS) is 22.1. The molecule has 1 saturated heterocycles. The number of nitrogens with one attached hydrogen (secondary N) is 4. The summed E-state index contributed by atoms with van der Waals surface area (Å²) in [4.78, 5) is 64.1. The monoisotopic (exact) mass is 665 g/mol. The summed E-state index contributed by atoms with van der Waals surface area (Å²) in [6, 6.07) is 8.80. The molecule has 2 aromatic heterocycles. The van der Waals surface area contributed by atoms with Crippen LogP contribution in [0.5, 0.6) is 0 Å². The third-order valence-corrected chi connectivity index (χ3v) is 10.0. The summed E-state index contributed by atoms with van der Waals surface area (Å²) in [5.74, 6) is -0.420. The average molecular weight is 666 g/mol. The molecule has 1 unspecified atom stereocenters. The number of rotatable bonds is 5. The summed E-state index contributed by atoms with van der Waals surface area (Å²) in [5.41, 5.74) is 1.58. The van der Waals surface area contributed by atoms with Crippen molar-refractivity contribution in [1.29, 1.82) is 0 Å². The number of hydrogen-bond acceptors (Lipinski definition) is 9. The average Bonchev–Trinajstić information content (AvgIpc) is 3.83. The lowest BCUT2D eigenvalue weighted by Crippen LogP contribution is -2.45. The van der Waals surface area contributed by atoms with E-state index in [1.165, 1.54) is 22.7 Å². The number of fused-ring (bicyclic) bond motifs is 4. The molecule has 4 bridgehead atoms. The van der Waals surface area contributed by atoms with E-state index < -0.39 is 6.04 Å². The van der Waals surface area contributed by atoms with Crippen LogP contribution in [0, 0.1) is 5.92 Å². The van der Waals surface area contributed by atoms with Crippen molar-refractivity contribution in [2.45, 2.75) is 76.9 Å². The number of nitrogens with zero attached hydrogens (tertiary/aromatic N) is 3. The van der Waals surface area contributed by atoms with Crippen LogP contribution < -0.4 is 21.3 Å². The fourth-order valence-electron chi connectivity index (χ4n) is 5.79. The molecule has 0 aliphatic carbocycles. The molecule has 4 heterocycles. The van der Waals surface area contributed by atoms with Gasteiger partial charge in [0.15, 0.2) is 0 Å². The predicted octanol–water partition coefficient (Wildman–Crippen LogP) is 4.01. The standard InChI is InChI=1S/C33H43N7O4S2/c1-21(2)17-24-31-39-27(20-46-31)30(43)37-25(18-22-9-4-3-5-10-22)32-38-26(19-45-32)29(42)35-14-8-16-40(15-7-12-28(41)36-24)33(44)23-11-6-13-34-23/h3-5,9-10,19-21,23-25,34H,6-8,11-18H2,1-2H3,(H,35,42)(H,36,41)(H,37,43)/t23-,24?,25-/m0/s1. The maximum Gasteiger partial charge on any atom is 0.271 e. The lowest BCUT2D eigenvalue weighted by Gasteiger charge is -2.26. The molecule has 13 heteroatoms. The van der Waals surface area contributed by atoms with Gasteiger partial charge < -0.3 is 26.2 Å². The Morgan fingerprint density at radius 2 is 1.59 bits per heavy atom. The van der Waals surface area contributed by atoms with Crippen LogP contribution in [-0.2, 0) is 16.0 Å². The summed E-state index contributed by atoms with van der Waals surface area (Å²) in [5, 5.41) is 17.2. The fourth-order valence-corrected chi connectivity index (χ4v) is 7.50. The fraction of sp³-hybridized carbons (Fsp3) is 0.515. The molecule has 3 aromatic rings. The van der Waals surface area contributed by atoms with E-state index in [1.807, 2.05) is 35.2 Å². The number of amides is 4. The minimum atomic E-state index is -0.476. The smallest absolute Gasteiger partial charge is 0.271 e. The van der Waals surface area contributed by atoms with Crippen LogP contribution in [-0.4, -0.2) is 70.7 Å². The van der Waals surface area contributed by atoms with Gasteiger partial charge >= 0.3 is 0 Å². The van der Waals surface area contributed by atoms with Gasteiger partial charge in [-0.05, 0) is 56.6 Å². The van der Waals surface area contributed by atoms with Crippen molar-refractivity contribution in [3.63, 3.8) is 0 Å². The molecule has 4 amide bonds. The maximum atomic E-state index is 13.5. The second kappa shape index (κ2) is 16.2. The van der Waals surface area contributed by atoms with Gasteiger partial charge in [0.2, 0.25) is 11.8 Å². The van der Waals surface area contributed by atoms with Crippen molar-refractivity contribution in [3.8, 4) is 0 Å². The molecule has 1 fully saturated rings. The molecule has 5 rings (SSSR count). The van der Waals surface area contributed by atoms with E-state index in [4.69, 9.17) is 0 Å². The molecule has 11 nitrogen and oxygen atoms in total. The van der Waals surface area contributed by atoms with E-state index >= 15 is 0 Å². The van der Waals surface area contributed by atoms with E-state index in [0.717, 1.165) is 24.9 Å².